The topological polar surface area (TPSA) is 44.7 Å². The molecule has 0 aliphatic rings. The molecule has 114 valence electrons. The average molecular weight is 284 g/mol. The molecule has 0 bridgehead atoms. The first-order valence-electron chi connectivity index (χ1n) is 6.75. The Balaban J connectivity index is 2.63. The van der Waals surface area contributed by atoms with E-state index in [-0.39, 0.29) is 5.82 Å². The predicted molar refractivity (Wildman–Crippen MR) is 79.6 cm³/mol. The van der Waals surface area contributed by atoms with E-state index in [2.05, 4.69) is 5.32 Å². The molecule has 0 aromatic heterocycles. The Morgan fingerprint density at radius 2 is 2.10 bits per heavy atom. The van der Waals surface area contributed by atoms with Crippen LogP contribution in [0.1, 0.15) is 19.4 Å². The van der Waals surface area contributed by atoms with E-state index in [0.29, 0.717) is 25.4 Å². The molecule has 0 amide bonds. The van der Waals surface area contributed by atoms with Gasteiger partial charge in [0.1, 0.15) is 5.82 Å². The molecule has 0 atom stereocenters. The van der Waals surface area contributed by atoms with Crippen LogP contribution in [0.3, 0.4) is 0 Å². The molecule has 5 heteroatoms. The van der Waals surface area contributed by atoms with E-state index >= 15 is 0 Å². The number of anilines is 1. The molecule has 0 aliphatic heterocycles. The molecule has 1 rings (SSSR count). The summed E-state index contributed by atoms with van der Waals surface area (Å²) in [5.74, 6) is -0.275. The molecule has 0 unspecified atom stereocenters. The number of halogens is 1. The van der Waals surface area contributed by atoms with Gasteiger partial charge in [0.2, 0.25) is 0 Å². The lowest BCUT2D eigenvalue weighted by atomic mass is 10.1. The van der Waals surface area contributed by atoms with Crippen molar-refractivity contribution in [1.29, 1.82) is 0 Å². The summed E-state index contributed by atoms with van der Waals surface area (Å²) in [4.78, 5) is 1.72. The smallest absolute Gasteiger partial charge is 0.146 e. The number of hydrogen-bond donors (Lipinski definition) is 2. The third-order valence-corrected chi connectivity index (χ3v) is 2.86. The Kier molecular flexibility index (Phi) is 6.39. The Morgan fingerprint density at radius 1 is 1.40 bits per heavy atom. The Morgan fingerprint density at radius 3 is 2.65 bits per heavy atom. The van der Waals surface area contributed by atoms with Crippen molar-refractivity contribution in [2.24, 2.45) is 0 Å². The van der Waals surface area contributed by atoms with E-state index in [0.717, 1.165) is 12.1 Å². The second-order valence-electron chi connectivity index (χ2n) is 5.62. The molecule has 1 aromatic carbocycles. The van der Waals surface area contributed by atoms with Crippen LogP contribution >= 0.6 is 0 Å². The largest absolute Gasteiger partial charge is 0.389 e. The minimum Gasteiger partial charge on any atom is -0.389 e. The number of hydrogen-bond acceptors (Lipinski definition) is 4. The van der Waals surface area contributed by atoms with Gasteiger partial charge in [0.25, 0.3) is 0 Å². The van der Waals surface area contributed by atoms with Gasteiger partial charge in [-0.25, -0.2) is 4.39 Å². The first-order chi connectivity index (χ1) is 9.33. The number of ether oxygens (including phenoxy) is 1. The minimum absolute atomic E-state index is 0.275. The Bertz CT molecular complexity index is 419. The molecule has 0 heterocycles. The van der Waals surface area contributed by atoms with Gasteiger partial charge >= 0.3 is 0 Å². The highest BCUT2D eigenvalue weighted by atomic mass is 19.1. The van der Waals surface area contributed by atoms with E-state index in [1.807, 2.05) is 6.07 Å². The van der Waals surface area contributed by atoms with Gasteiger partial charge in [-0.3, -0.25) is 0 Å². The second-order valence-corrected chi connectivity index (χ2v) is 5.62. The van der Waals surface area contributed by atoms with Crippen molar-refractivity contribution in [3.05, 3.63) is 29.6 Å². The van der Waals surface area contributed by atoms with Crippen LogP contribution in [0.25, 0.3) is 0 Å². The standard InChI is InChI=1S/C15H25FN2O2/c1-15(2,19)11-18(3)14-6-5-12(9-13(14)16)10-17-7-8-20-4/h5-6,9,17,19H,7-8,10-11H2,1-4H3. The van der Waals surface area contributed by atoms with Gasteiger partial charge in [-0.15, -0.1) is 0 Å². The molecule has 2 N–H and O–H groups in total. The molecule has 0 spiro atoms. The predicted octanol–water partition coefficient (Wildman–Crippen LogP) is 1.77. The van der Waals surface area contributed by atoms with Gasteiger partial charge in [-0.05, 0) is 31.5 Å². The third kappa shape index (κ3) is 5.86. The Labute approximate surface area is 120 Å². The highest BCUT2D eigenvalue weighted by Crippen LogP contribution is 2.21. The fraction of sp³-hybridized carbons (Fsp3) is 0.600. The summed E-state index contributed by atoms with van der Waals surface area (Å²) < 4.78 is 19.0. The fourth-order valence-electron chi connectivity index (χ4n) is 2.04. The molecular weight excluding hydrogens is 259 g/mol. The summed E-state index contributed by atoms with van der Waals surface area (Å²) >= 11 is 0. The van der Waals surface area contributed by atoms with Gasteiger partial charge in [0.05, 0.1) is 17.9 Å². The maximum absolute atomic E-state index is 14.1. The zero-order valence-electron chi connectivity index (χ0n) is 12.7. The van der Waals surface area contributed by atoms with Crippen LogP contribution in [0.2, 0.25) is 0 Å². The highest BCUT2D eigenvalue weighted by Gasteiger charge is 2.18. The van der Waals surface area contributed by atoms with Crippen LogP contribution in [0.15, 0.2) is 18.2 Å². The first kappa shape index (κ1) is 16.9. The molecule has 0 radical (unpaired) electrons. The molecule has 0 fully saturated rings. The maximum Gasteiger partial charge on any atom is 0.146 e. The normalized spacial score (nSPS) is 11.7. The van der Waals surface area contributed by atoms with Crippen LogP contribution in [0.5, 0.6) is 0 Å². The zero-order valence-corrected chi connectivity index (χ0v) is 12.7. The monoisotopic (exact) mass is 284 g/mol. The van der Waals surface area contributed by atoms with Crippen molar-refractivity contribution in [3.8, 4) is 0 Å². The van der Waals surface area contributed by atoms with E-state index in [1.54, 1.807) is 39.0 Å². The molecule has 20 heavy (non-hydrogen) atoms. The van der Waals surface area contributed by atoms with E-state index in [9.17, 15) is 9.50 Å². The number of likely N-dealkylation sites (N-methyl/N-ethyl adjacent to an activating group) is 1. The number of rotatable bonds is 8. The molecule has 0 aliphatic carbocycles. The molecule has 0 saturated heterocycles. The fourth-order valence-corrected chi connectivity index (χ4v) is 2.04. The summed E-state index contributed by atoms with van der Waals surface area (Å²) in [7, 11) is 3.42. The van der Waals surface area contributed by atoms with Crippen LogP contribution in [-0.4, -0.2) is 44.6 Å². The molecular formula is C15H25FN2O2. The second kappa shape index (κ2) is 7.57. The van der Waals surface area contributed by atoms with E-state index in [4.69, 9.17) is 4.74 Å². The van der Waals surface area contributed by atoms with Gasteiger partial charge in [-0.2, -0.15) is 0 Å². The van der Waals surface area contributed by atoms with Crippen molar-refractivity contribution in [2.75, 3.05) is 38.8 Å². The van der Waals surface area contributed by atoms with Gasteiger partial charge in [0.15, 0.2) is 0 Å². The lowest BCUT2D eigenvalue weighted by Crippen LogP contribution is -2.36. The van der Waals surface area contributed by atoms with Crippen LogP contribution in [-0.2, 0) is 11.3 Å². The lowest BCUT2D eigenvalue weighted by Gasteiger charge is -2.27. The number of nitrogens with zero attached hydrogens (tertiary/aromatic N) is 1. The lowest BCUT2D eigenvalue weighted by molar-refractivity contribution is 0.0885. The number of aliphatic hydroxyl groups is 1. The summed E-state index contributed by atoms with van der Waals surface area (Å²) in [5, 5.41) is 12.9. The van der Waals surface area contributed by atoms with Crippen molar-refractivity contribution in [3.63, 3.8) is 0 Å². The van der Waals surface area contributed by atoms with E-state index < -0.39 is 5.60 Å². The van der Waals surface area contributed by atoms with Crippen molar-refractivity contribution in [1.82, 2.24) is 5.32 Å². The minimum atomic E-state index is -0.860. The van der Waals surface area contributed by atoms with Crippen LogP contribution < -0.4 is 10.2 Å². The summed E-state index contributed by atoms with van der Waals surface area (Å²) in [6.07, 6.45) is 0. The van der Waals surface area contributed by atoms with Crippen LogP contribution in [0, 0.1) is 5.82 Å². The van der Waals surface area contributed by atoms with Crippen LogP contribution in [0.4, 0.5) is 10.1 Å². The number of nitrogens with one attached hydrogen (secondary N) is 1. The summed E-state index contributed by atoms with van der Waals surface area (Å²) in [6.45, 7) is 5.75. The molecule has 1 aromatic rings. The van der Waals surface area contributed by atoms with Crippen molar-refractivity contribution >= 4 is 5.69 Å². The summed E-state index contributed by atoms with van der Waals surface area (Å²) in [5.41, 5.74) is 0.522. The first-order valence-corrected chi connectivity index (χ1v) is 6.75. The SMILES string of the molecule is COCCNCc1ccc(N(C)CC(C)(C)O)c(F)c1. The van der Waals surface area contributed by atoms with Crippen molar-refractivity contribution < 1.29 is 14.2 Å². The summed E-state index contributed by atoms with van der Waals surface area (Å²) in [6, 6.07) is 5.16. The molecule has 0 saturated carbocycles. The van der Waals surface area contributed by atoms with Crippen molar-refractivity contribution in [2.45, 2.75) is 26.0 Å². The molecule has 4 nitrogen and oxygen atoms in total. The average Bonchev–Trinajstić information content (AvgIpc) is 2.32. The maximum atomic E-state index is 14.1. The third-order valence-electron chi connectivity index (χ3n) is 2.86. The quantitative estimate of drug-likeness (QED) is 0.714. The Hall–Kier alpha value is -1.17. The van der Waals surface area contributed by atoms with E-state index in [1.165, 1.54) is 6.07 Å². The number of methoxy groups -OCH3 is 1. The highest BCUT2D eigenvalue weighted by molar-refractivity contribution is 5.48. The zero-order chi connectivity index (χ0) is 15.2. The van der Waals surface area contributed by atoms with Gasteiger partial charge < -0.3 is 20.1 Å². The number of benzene rings is 1. The van der Waals surface area contributed by atoms with Gasteiger partial charge in [0, 0.05) is 33.8 Å². The van der Waals surface area contributed by atoms with Gasteiger partial charge in [-0.1, -0.05) is 6.07 Å².